The fourth-order valence-electron chi connectivity index (χ4n) is 3.48. The number of carbonyl (C=O) groups is 1. The van der Waals surface area contributed by atoms with E-state index in [9.17, 15) is 4.79 Å². The number of nitrogens with zero attached hydrogens (tertiary/aromatic N) is 4. The summed E-state index contributed by atoms with van der Waals surface area (Å²) < 4.78 is 8.01. The molecule has 0 radical (unpaired) electrons. The predicted octanol–water partition coefficient (Wildman–Crippen LogP) is 4.33. The first-order valence-corrected chi connectivity index (χ1v) is 11.9. The smallest absolute Gasteiger partial charge is 0.239 e. The molecular weight excluding hydrogens is 418 g/mol. The summed E-state index contributed by atoms with van der Waals surface area (Å²) in [6, 6.07) is 6.37. The number of hydrogen-bond donors (Lipinski definition) is 1. The molecule has 0 saturated heterocycles. The van der Waals surface area contributed by atoms with Crippen LogP contribution in [0.2, 0.25) is 0 Å². The van der Waals surface area contributed by atoms with Gasteiger partial charge in [-0.25, -0.2) is 4.98 Å². The third kappa shape index (κ3) is 4.84. The van der Waals surface area contributed by atoms with E-state index in [2.05, 4.69) is 32.6 Å². The van der Waals surface area contributed by atoms with Crippen molar-refractivity contribution in [3.8, 4) is 5.75 Å². The first kappa shape index (κ1) is 20.9. The molecule has 4 rings (SSSR count). The van der Waals surface area contributed by atoms with E-state index in [1.54, 1.807) is 6.20 Å². The quantitative estimate of drug-likeness (QED) is 0.522. The zero-order valence-corrected chi connectivity index (χ0v) is 18.8. The van der Waals surface area contributed by atoms with Crippen molar-refractivity contribution >= 4 is 34.1 Å². The second kappa shape index (κ2) is 9.61. The lowest BCUT2D eigenvalue weighted by atomic mass is 9.92. The van der Waals surface area contributed by atoms with Crippen LogP contribution in [-0.4, -0.2) is 30.9 Å². The van der Waals surface area contributed by atoms with E-state index in [1.165, 1.54) is 47.1 Å². The highest BCUT2D eigenvalue weighted by molar-refractivity contribution is 8.00. The number of rotatable bonds is 8. The number of carbonyl (C=O) groups excluding carboxylic acids is 1. The van der Waals surface area contributed by atoms with Crippen LogP contribution >= 0.6 is 23.1 Å². The molecule has 30 heavy (non-hydrogen) atoms. The molecule has 158 valence electrons. The zero-order chi connectivity index (χ0) is 20.9. The largest absolute Gasteiger partial charge is 0.486 e. The maximum Gasteiger partial charge on any atom is 0.239 e. The molecule has 2 heterocycles. The Morgan fingerprint density at radius 1 is 1.30 bits per heavy atom. The summed E-state index contributed by atoms with van der Waals surface area (Å²) in [5, 5.41) is 14.2. The van der Waals surface area contributed by atoms with Crippen molar-refractivity contribution in [2.24, 2.45) is 0 Å². The minimum atomic E-state index is -0.321. The summed E-state index contributed by atoms with van der Waals surface area (Å²) >= 11 is 2.78. The normalized spacial score (nSPS) is 14.2. The highest BCUT2D eigenvalue weighted by Crippen LogP contribution is 2.27. The molecule has 1 amide bonds. The lowest BCUT2D eigenvalue weighted by molar-refractivity contribution is -0.115. The fourth-order valence-corrected chi connectivity index (χ4v) is 4.95. The highest BCUT2D eigenvalue weighted by atomic mass is 32.2. The van der Waals surface area contributed by atoms with Gasteiger partial charge in [0.05, 0.1) is 5.25 Å². The van der Waals surface area contributed by atoms with E-state index >= 15 is 0 Å². The molecule has 0 bridgehead atoms. The van der Waals surface area contributed by atoms with Crippen LogP contribution in [0.15, 0.2) is 34.9 Å². The molecule has 3 aromatic rings. The molecule has 1 aliphatic carbocycles. The summed E-state index contributed by atoms with van der Waals surface area (Å²) in [4.78, 5) is 16.5. The molecule has 7 nitrogen and oxygen atoms in total. The van der Waals surface area contributed by atoms with Crippen LogP contribution in [-0.2, 0) is 30.8 Å². The average Bonchev–Trinajstić information content (AvgIpc) is 3.41. The van der Waals surface area contributed by atoms with Gasteiger partial charge in [-0.3, -0.25) is 4.79 Å². The van der Waals surface area contributed by atoms with Gasteiger partial charge in [-0.15, -0.1) is 21.5 Å². The van der Waals surface area contributed by atoms with E-state index in [0.717, 1.165) is 24.4 Å². The van der Waals surface area contributed by atoms with Crippen LogP contribution in [0.1, 0.15) is 43.6 Å². The van der Waals surface area contributed by atoms with Gasteiger partial charge in [0.15, 0.2) is 16.1 Å². The van der Waals surface area contributed by atoms with Crippen LogP contribution in [0.5, 0.6) is 5.75 Å². The second-order valence-corrected chi connectivity index (χ2v) is 9.36. The van der Waals surface area contributed by atoms with Crippen LogP contribution < -0.4 is 10.1 Å². The standard InChI is InChI=1S/C21H25N5O2S2/c1-3-26-18(13-28-17-9-8-15-6-4-5-7-16(15)12-17)24-25-21(26)30-14(2)19(27)23-20-22-10-11-29-20/h8-12,14H,3-7,13H2,1-2H3,(H,22,23,27)/t14-/m0/s1. The molecule has 0 saturated carbocycles. The minimum Gasteiger partial charge on any atom is -0.486 e. The summed E-state index contributed by atoms with van der Waals surface area (Å²) in [6.45, 7) is 4.95. The summed E-state index contributed by atoms with van der Waals surface area (Å²) in [7, 11) is 0. The number of ether oxygens (including phenoxy) is 1. The lowest BCUT2D eigenvalue weighted by Crippen LogP contribution is -2.22. The van der Waals surface area contributed by atoms with Gasteiger partial charge in [0, 0.05) is 18.1 Å². The van der Waals surface area contributed by atoms with Crippen LogP contribution in [0.25, 0.3) is 0 Å². The third-order valence-electron chi connectivity index (χ3n) is 5.11. The van der Waals surface area contributed by atoms with Gasteiger partial charge in [-0.1, -0.05) is 17.8 Å². The molecule has 9 heteroatoms. The molecular formula is C21H25N5O2S2. The number of benzene rings is 1. The Morgan fingerprint density at radius 2 is 2.13 bits per heavy atom. The Morgan fingerprint density at radius 3 is 2.90 bits per heavy atom. The van der Waals surface area contributed by atoms with Crippen LogP contribution in [0.4, 0.5) is 5.13 Å². The van der Waals surface area contributed by atoms with Crippen molar-refractivity contribution in [1.82, 2.24) is 19.7 Å². The first-order valence-electron chi connectivity index (χ1n) is 10.2. The van der Waals surface area contributed by atoms with Gasteiger partial charge in [0.25, 0.3) is 0 Å². The summed E-state index contributed by atoms with van der Waals surface area (Å²) in [5.41, 5.74) is 2.83. The third-order valence-corrected chi connectivity index (χ3v) is 6.88. The van der Waals surface area contributed by atoms with Crippen molar-refractivity contribution in [1.29, 1.82) is 0 Å². The number of fused-ring (bicyclic) bond motifs is 1. The number of nitrogens with one attached hydrogen (secondary N) is 1. The molecule has 1 aromatic carbocycles. The van der Waals surface area contributed by atoms with Gasteiger partial charge < -0.3 is 14.6 Å². The molecule has 1 atom stereocenters. The number of aryl methyl sites for hydroxylation is 2. The van der Waals surface area contributed by atoms with E-state index < -0.39 is 0 Å². The Bertz CT molecular complexity index is 1000. The zero-order valence-electron chi connectivity index (χ0n) is 17.1. The van der Waals surface area contributed by atoms with Crippen molar-refractivity contribution < 1.29 is 9.53 Å². The summed E-state index contributed by atoms with van der Waals surface area (Å²) in [5.74, 6) is 1.52. The Labute approximate surface area is 184 Å². The number of thioether (sulfide) groups is 1. The van der Waals surface area contributed by atoms with Gasteiger partial charge in [0.1, 0.15) is 12.4 Å². The number of aromatic nitrogens is 4. The maximum atomic E-state index is 12.4. The van der Waals surface area contributed by atoms with Crippen LogP contribution in [0.3, 0.4) is 0 Å². The average molecular weight is 444 g/mol. The number of thiazole rings is 1. The number of anilines is 1. The second-order valence-electron chi connectivity index (χ2n) is 7.16. The summed E-state index contributed by atoms with van der Waals surface area (Å²) in [6.07, 6.45) is 6.47. The van der Waals surface area contributed by atoms with E-state index in [0.29, 0.717) is 23.4 Å². The van der Waals surface area contributed by atoms with Gasteiger partial charge >= 0.3 is 0 Å². The fraction of sp³-hybridized carbons (Fsp3) is 0.429. The van der Waals surface area contributed by atoms with Gasteiger partial charge in [-0.2, -0.15) is 0 Å². The van der Waals surface area contributed by atoms with Crippen molar-refractivity contribution in [3.05, 3.63) is 46.7 Å². The van der Waals surface area contributed by atoms with Crippen LogP contribution in [0, 0.1) is 0 Å². The van der Waals surface area contributed by atoms with Gasteiger partial charge in [-0.05, 0) is 62.8 Å². The maximum absolute atomic E-state index is 12.4. The van der Waals surface area contributed by atoms with Crippen molar-refractivity contribution in [2.75, 3.05) is 5.32 Å². The lowest BCUT2D eigenvalue weighted by Gasteiger charge is -2.17. The molecule has 2 aromatic heterocycles. The van der Waals surface area contributed by atoms with Gasteiger partial charge in [0.2, 0.25) is 5.91 Å². The molecule has 0 aliphatic heterocycles. The first-order chi connectivity index (χ1) is 14.6. The number of amides is 1. The van der Waals surface area contributed by atoms with Crippen molar-refractivity contribution in [3.63, 3.8) is 0 Å². The molecule has 1 N–H and O–H groups in total. The monoisotopic (exact) mass is 443 g/mol. The van der Waals surface area contributed by atoms with Crippen molar-refractivity contribution in [2.45, 2.75) is 63.1 Å². The van der Waals surface area contributed by atoms with E-state index in [1.807, 2.05) is 29.9 Å². The molecule has 1 aliphatic rings. The molecule has 0 unspecified atom stereocenters. The molecule has 0 spiro atoms. The Kier molecular flexibility index (Phi) is 6.69. The topological polar surface area (TPSA) is 81.9 Å². The number of hydrogen-bond acceptors (Lipinski definition) is 7. The van der Waals surface area contributed by atoms with E-state index in [4.69, 9.17) is 4.74 Å². The highest BCUT2D eigenvalue weighted by Gasteiger charge is 2.20. The minimum absolute atomic E-state index is 0.104. The Hall–Kier alpha value is -2.39. The Balaban J connectivity index is 1.39. The predicted molar refractivity (Wildman–Crippen MR) is 119 cm³/mol. The molecule has 0 fully saturated rings. The SMILES string of the molecule is CCn1c(COc2ccc3c(c2)CCCC3)nnc1S[C@@H](C)C(=O)Nc1nccs1. The van der Waals surface area contributed by atoms with E-state index in [-0.39, 0.29) is 11.2 Å².